The molecule has 2 aromatic heterocycles. The normalized spacial score (nSPS) is 13.4. The quantitative estimate of drug-likeness (QED) is 0.221. The minimum atomic E-state index is -0.717. The van der Waals surface area contributed by atoms with E-state index in [9.17, 15) is 9.90 Å². The van der Waals surface area contributed by atoms with Crippen molar-refractivity contribution in [3.63, 3.8) is 0 Å². The fraction of sp³-hybridized carbons (Fsp3) is 0.333. The van der Waals surface area contributed by atoms with E-state index in [1.54, 1.807) is 4.57 Å². The molecule has 2 heterocycles. The summed E-state index contributed by atoms with van der Waals surface area (Å²) in [7, 11) is 0. The molecule has 0 aliphatic heterocycles. The topological polar surface area (TPSA) is 106 Å². The third-order valence-corrected chi connectivity index (χ3v) is 8.31. The van der Waals surface area contributed by atoms with Gasteiger partial charge in [-0.3, -0.25) is 9.36 Å². The van der Waals surface area contributed by atoms with Crippen molar-refractivity contribution in [2.24, 2.45) is 0 Å². The molecular weight excluding hydrogens is 575 g/mol. The maximum Gasteiger partial charge on any atom is 1.00 e. The summed E-state index contributed by atoms with van der Waals surface area (Å²) < 4.78 is 12.7. The van der Waals surface area contributed by atoms with Gasteiger partial charge < -0.3 is 14.4 Å². The Morgan fingerprint density at radius 3 is 2.27 bits per heavy atom. The van der Waals surface area contributed by atoms with Crippen LogP contribution in [-0.4, -0.2) is 25.8 Å². The Morgan fingerprint density at radius 2 is 1.62 bits per heavy atom. The second kappa shape index (κ2) is 15.0. The van der Waals surface area contributed by atoms with Crippen molar-refractivity contribution in [1.82, 2.24) is 19.7 Å². The predicted octanol–water partition coefficient (Wildman–Crippen LogP) is 3.84. The fourth-order valence-corrected chi connectivity index (χ4v) is 6.08. The van der Waals surface area contributed by atoms with Crippen LogP contribution < -0.4 is 45.0 Å². The van der Waals surface area contributed by atoms with E-state index < -0.39 is 6.08 Å². The van der Waals surface area contributed by atoms with Gasteiger partial charge >= 0.3 is 29.6 Å². The third-order valence-electron chi connectivity index (χ3n) is 8.31. The maximum absolute atomic E-state index is 14.2. The Hall–Kier alpha value is -3.72. The van der Waals surface area contributed by atoms with Crippen LogP contribution in [0.2, 0.25) is 0 Å². The molecule has 1 fully saturated rings. The zero-order valence-corrected chi connectivity index (χ0v) is 28.3. The summed E-state index contributed by atoms with van der Waals surface area (Å²) in [4.78, 5) is 23.1. The Balaban J connectivity index is 0.00000400. The smallest absolute Gasteiger partial charge is 0.528 e. The van der Waals surface area contributed by atoms with Crippen LogP contribution in [0.15, 0.2) is 82.1 Å². The first-order valence-corrected chi connectivity index (χ1v) is 15.6. The number of ether oxygens (including phenoxy) is 1. The van der Waals surface area contributed by atoms with Crippen molar-refractivity contribution in [1.29, 1.82) is 0 Å². The largest absolute Gasteiger partial charge is 1.00 e. The van der Waals surface area contributed by atoms with E-state index in [2.05, 4.69) is 21.6 Å². The second-order valence-corrected chi connectivity index (χ2v) is 11.4. The molecule has 3 aromatic carbocycles. The van der Waals surface area contributed by atoms with Crippen molar-refractivity contribution in [3.05, 3.63) is 106 Å². The van der Waals surface area contributed by atoms with Gasteiger partial charge in [-0.2, -0.15) is 5.16 Å². The number of benzene rings is 3. The summed E-state index contributed by atoms with van der Waals surface area (Å²) in [6.45, 7) is 4.15. The first-order chi connectivity index (χ1) is 21.5. The van der Waals surface area contributed by atoms with E-state index in [0.717, 1.165) is 70.9 Å². The van der Waals surface area contributed by atoms with Crippen molar-refractivity contribution in [2.45, 2.75) is 77.7 Å². The molecule has 0 radical (unpaired) electrons. The molecule has 1 aliphatic carbocycles. The zero-order valence-electron chi connectivity index (χ0n) is 26.3. The molecule has 0 spiro atoms. The van der Waals surface area contributed by atoms with Gasteiger partial charge in [-0.1, -0.05) is 75.2 Å². The molecular formula is C36H37N4NaO4. The zero-order chi connectivity index (χ0) is 30.5. The van der Waals surface area contributed by atoms with Gasteiger partial charge in [-0.25, -0.2) is 9.97 Å². The van der Waals surface area contributed by atoms with Crippen molar-refractivity contribution < 1.29 is 43.9 Å². The van der Waals surface area contributed by atoms with Gasteiger partial charge in [0.15, 0.2) is 11.9 Å². The predicted molar refractivity (Wildman–Crippen MR) is 168 cm³/mol. The summed E-state index contributed by atoms with van der Waals surface area (Å²) in [6.07, 6.45) is 8.24. The van der Waals surface area contributed by atoms with Crippen LogP contribution in [0.3, 0.4) is 0 Å². The number of rotatable bonds is 10. The molecule has 0 amide bonds. The van der Waals surface area contributed by atoms with E-state index in [4.69, 9.17) is 9.72 Å². The van der Waals surface area contributed by atoms with E-state index in [-0.39, 0.29) is 47.0 Å². The van der Waals surface area contributed by atoms with Gasteiger partial charge in [0.05, 0.1) is 17.5 Å². The van der Waals surface area contributed by atoms with Gasteiger partial charge in [0, 0.05) is 24.0 Å². The van der Waals surface area contributed by atoms with Crippen LogP contribution >= 0.6 is 0 Å². The summed E-state index contributed by atoms with van der Waals surface area (Å²) in [5.74, 6) is 1.87. The van der Waals surface area contributed by atoms with E-state index in [1.807, 2.05) is 79.7 Å². The third kappa shape index (κ3) is 7.40. The van der Waals surface area contributed by atoms with E-state index in [0.29, 0.717) is 18.4 Å². The minimum Gasteiger partial charge on any atom is -0.528 e. The van der Waals surface area contributed by atoms with Crippen molar-refractivity contribution in [3.8, 4) is 40.0 Å². The molecule has 8 nitrogen and oxygen atoms in total. The van der Waals surface area contributed by atoms with Gasteiger partial charge in [-0.05, 0) is 73.1 Å². The standard InChI is InChI=1S/C36H38N4O4.Na/c1-3-10-32-31(23-24-15-17-25(18-16-24)29-13-8-9-14-30(29)34-38-36(42)44-39-34)35(41)40(33(4-2)37-32)26-19-21-28(22-20-26)43-27-11-6-5-7-12-27;/h8-9,13-22,27H,3-7,10-12,23H2,1-2H3,(H,38,39,42);/q;+1/p-1. The molecule has 0 atom stereocenters. The Bertz CT molecular complexity index is 1770. The molecule has 0 N–H and O–H groups in total. The van der Waals surface area contributed by atoms with Gasteiger partial charge in [0.25, 0.3) is 5.56 Å². The summed E-state index contributed by atoms with van der Waals surface area (Å²) in [5.41, 5.74) is 5.92. The molecule has 5 aromatic rings. The fourth-order valence-electron chi connectivity index (χ4n) is 6.08. The summed E-state index contributed by atoms with van der Waals surface area (Å²) in [6, 6.07) is 23.6. The SMILES string of the molecule is CCCc1nc(CC)n(-c2ccc(OC3CCCCC3)cc2)c(=O)c1Cc1ccc(-c2ccccc2-c2noc([O-])n2)cc1.[Na+]. The van der Waals surface area contributed by atoms with Crippen LogP contribution in [0, 0.1) is 0 Å². The molecule has 1 saturated carbocycles. The van der Waals surface area contributed by atoms with Crippen LogP contribution in [-0.2, 0) is 19.3 Å². The van der Waals surface area contributed by atoms with Crippen LogP contribution in [0.1, 0.15) is 75.0 Å². The van der Waals surface area contributed by atoms with Crippen molar-refractivity contribution in [2.75, 3.05) is 0 Å². The first kappa shape index (κ1) is 32.7. The molecule has 9 heteroatoms. The van der Waals surface area contributed by atoms with E-state index in [1.165, 1.54) is 19.3 Å². The Labute approximate surface area is 285 Å². The molecule has 6 rings (SSSR count). The van der Waals surface area contributed by atoms with Gasteiger partial charge in [-0.15, -0.1) is 0 Å². The van der Waals surface area contributed by atoms with Gasteiger partial charge in [0.1, 0.15) is 11.6 Å². The Morgan fingerprint density at radius 1 is 0.911 bits per heavy atom. The molecule has 45 heavy (non-hydrogen) atoms. The minimum absolute atomic E-state index is 0. The monoisotopic (exact) mass is 612 g/mol. The molecule has 0 bridgehead atoms. The van der Waals surface area contributed by atoms with Crippen LogP contribution in [0.25, 0.3) is 28.2 Å². The molecule has 0 unspecified atom stereocenters. The molecule has 226 valence electrons. The Kier molecular flexibility index (Phi) is 10.9. The maximum atomic E-state index is 14.2. The van der Waals surface area contributed by atoms with Crippen LogP contribution in [0.5, 0.6) is 11.8 Å². The van der Waals surface area contributed by atoms with Crippen molar-refractivity contribution >= 4 is 0 Å². The first-order valence-electron chi connectivity index (χ1n) is 15.6. The summed E-state index contributed by atoms with van der Waals surface area (Å²) >= 11 is 0. The number of hydrogen-bond donors (Lipinski definition) is 0. The molecule has 1 aliphatic rings. The summed E-state index contributed by atoms with van der Waals surface area (Å²) in [5, 5.41) is 15.3. The number of nitrogens with zero attached hydrogens (tertiary/aromatic N) is 4. The van der Waals surface area contributed by atoms with E-state index >= 15 is 0 Å². The van der Waals surface area contributed by atoms with Gasteiger partial charge in [0.2, 0.25) is 0 Å². The average Bonchev–Trinajstić information content (AvgIpc) is 3.50. The average molecular weight is 613 g/mol. The number of hydrogen-bond acceptors (Lipinski definition) is 7. The molecule has 0 saturated heterocycles. The van der Waals surface area contributed by atoms with Crippen LogP contribution in [0.4, 0.5) is 0 Å². The second-order valence-electron chi connectivity index (χ2n) is 11.4. The number of aryl methyl sites for hydroxylation is 2. The number of aromatic nitrogens is 4.